The SMILES string of the molecule is COc1ccc(C(=O)N2CCN(c3ccccc3F)CC2)cc1S(=O)(=O)N1CCCCC1. The number of anilines is 1. The molecule has 2 heterocycles. The van der Waals surface area contributed by atoms with Crippen molar-refractivity contribution in [2.75, 3.05) is 51.3 Å². The van der Waals surface area contributed by atoms with Crippen molar-refractivity contribution >= 4 is 21.6 Å². The average molecular weight is 462 g/mol. The number of halogens is 1. The fraction of sp³-hybridized carbons (Fsp3) is 0.435. The second kappa shape index (κ2) is 9.46. The molecule has 2 aromatic rings. The number of benzene rings is 2. The highest BCUT2D eigenvalue weighted by Gasteiger charge is 2.31. The molecule has 4 rings (SSSR count). The van der Waals surface area contributed by atoms with Crippen LogP contribution in [-0.2, 0) is 10.0 Å². The van der Waals surface area contributed by atoms with E-state index in [4.69, 9.17) is 4.74 Å². The molecule has 0 unspecified atom stereocenters. The molecular formula is C23H28FN3O4S. The molecule has 2 aliphatic rings. The van der Waals surface area contributed by atoms with Crippen LogP contribution in [0.4, 0.5) is 10.1 Å². The minimum absolute atomic E-state index is 0.0257. The van der Waals surface area contributed by atoms with E-state index in [9.17, 15) is 17.6 Å². The van der Waals surface area contributed by atoms with Gasteiger partial charge < -0.3 is 14.5 Å². The Balaban J connectivity index is 1.52. The number of piperazine rings is 1. The number of ether oxygens (including phenoxy) is 1. The van der Waals surface area contributed by atoms with Crippen LogP contribution in [-0.4, -0.2) is 69.9 Å². The fourth-order valence-corrected chi connectivity index (χ4v) is 6.00. The second-order valence-corrected chi connectivity index (χ2v) is 9.97. The Morgan fingerprint density at radius 1 is 0.938 bits per heavy atom. The molecule has 0 saturated carbocycles. The number of carbonyl (C=O) groups is 1. The van der Waals surface area contributed by atoms with Gasteiger partial charge in [-0.3, -0.25) is 4.79 Å². The summed E-state index contributed by atoms with van der Waals surface area (Å²) in [4.78, 5) is 16.8. The number of carbonyl (C=O) groups excluding carboxylic acids is 1. The largest absolute Gasteiger partial charge is 0.495 e. The van der Waals surface area contributed by atoms with E-state index in [0.717, 1.165) is 19.3 Å². The second-order valence-electron chi connectivity index (χ2n) is 8.06. The molecule has 0 aliphatic carbocycles. The molecule has 2 saturated heterocycles. The summed E-state index contributed by atoms with van der Waals surface area (Å²) in [7, 11) is -2.33. The molecule has 0 spiro atoms. The molecule has 2 fully saturated rings. The van der Waals surface area contributed by atoms with Gasteiger partial charge in [0, 0.05) is 44.8 Å². The molecule has 0 atom stereocenters. The van der Waals surface area contributed by atoms with E-state index in [1.54, 1.807) is 35.2 Å². The number of amides is 1. The third-order valence-corrected chi connectivity index (χ3v) is 8.02. The smallest absolute Gasteiger partial charge is 0.254 e. The van der Waals surface area contributed by atoms with Crippen molar-refractivity contribution in [2.24, 2.45) is 0 Å². The van der Waals surface area contributed by atoms with Crippen molar-refractivity contribution in [3.05, 3.63) is 53.8 Å². The summed E-state index contributed by atoms with van der Waals surface area (Å²) in [6.45, 7) is 2.80. The highest BCUT2D eigenvalue weighted by Crippen LogP contribution is 2.30. The van der Waals surface area contributed by atoms with Crippen molar-refractivity contribution < 1.29 is 22.3 Å². The quantitative estimate of drug-likeness (QED) is 0.685. The topological polar surface area (TPSA) is 70.2 Å². The van der Waals surface area contributed by atoms with Gasteiger partial charge in [0.1, 0.15) is 16.5 Å². The van der Waals surface area contributed by atoms with E-state index in [1.165, 1.54) is 23.5 Å². The maximum absolute atomic E-state index is 14.1. The van der Waals surface area contributed by atoms with Gasteiger partial charge in [-0.1, -0.05) is 18.6 Å². The first kappa shape index (κ1) is 22.5. The molecule has 1 amide bonds. The van der Waals surface area contributed by atoms with E-state index in [-0.39, 0.29) is 22.4 Å². The summed E-state index contributed by atoms with van der Waals surface area (Å²) in [6.07, 6.45) is 2.67. The zero-order valence-electron chi connectivity index (χ0n) is 18.2. The fourth-order valence-electron chi connectivity index (χ4n) is 4.30. The van der Waals surface area contributed by atoms with Crippen molar-refractivity contribution in [1.29, 1.82) is 0 Å². The van der Waals surface area contributed by atoms with Crippen LogP contribution in [0.15, 0.2) is 47.4 Å². The van der Waals surface area contributed by atoms with Gasteiger partial charge in [0.15, 0.2) is 0 Å². The summed E-state index contributed by atoms with van der Waals surface area (Å²) < 4.78 is 47.3. The molecule has 9 heteroatoms. The normalized spacial score (nSPS) is 17.9. The van der Waals surface area contributed by atoms with Crippen molar-refractivity contribution in [3.8, 4) is 5.75 Å². The monoisotopic (exact) mass is 461 g/mol. The lowest BCUT2D eigenvalue weighted by molar-refractivity contribution is 0.0746. The third-order valence-electron chi connectivity index (χ3n) is 6.10. The van der Waals surface area contributed by atoms with Gasteiger partial charge in [-0.2, -0.15) is 4.31 Å². The lowest BCUT2D eigenvalue weighted by Crippen LogP contribution is -2.49. The minimum atomic E-state index is -3.75. The number of nitrogens with zero attached hydrogens (tertiary/aromatic N) is 3. The minimum Gasteiger partial charge on any atom is -0.495 e. The number of hydrogen-bond acceptors (Lipinski definition) is 5. The maximum Gasteiger partial charge on any atom is 0.254 e. The van der Waals surface area contributed by atoms with Gasteiger partial charge in [0.2, 0.25) is 10.0 Å². The first-order chi connectivity index (χ1) is 15.4. The Kier molecular flexibility index (Phi) is 6.66. The van der Waals surface area contributed by atoms with Gasteiger partial charge in [0.25, 0.3) is 5.91 Å². The van der Waals surface area contributed by atoms with Crippen LogP contribution in [0.5, 0.6) is 5.75 Å². The first-order valence-electron chi connectivity index (χ1n) is 10.9. The van der Waals surface area contributed by atoms with E-state index in [0.29, 0.717) is 50.5 Å². The summed E-state index contributed by atoms with van der Waals surface area (Å²) in [5.41, 5.74) is 0.833. The van der Waals surface area contributed by atoms with Gasteiger partial charge in [-0.05, 0) is 43.2 Å². The van der Waals surface area contributed by atoms with Crippen molar-refractivity contribution in [3.63, 3.8) is 0 Å². The first-order valence-corrected chi connectivity index (χ1v) is 12.3. The summed E-state index contributed by atoms with van der Waals surface area (Å²) in [5, 5.41) is 0. The summed E-state index contributed by atoms with van der Waals surface area (Å²) in [6, 6.07) is 11.2. The molecule has 0 aromatic heterocycles. The molecule has 0 radical (unpaired) electrons. The van der Waals surface area contributed by atoms with Gasteiger partial charge in [0.05, 0.1) is 12.8 Å². The maximum atomic E-state index is 14.1. The highest BCUT2D eigenvalue weighted by molar-refractivity contribution is 7.89. The molecule has 0 N–H and O–H groups in total. The van der Waals surface area contributed by atoms with Gasteiger partial charge in [-0.25, -0.2) is 12.8 Å². The average Bonchev–Trinajstić information content (AvgIpc) is 2.84. The zero-order valence-corrected chi connectivity index (χ0v) is 19.0. The van der Waals surface area contributed by atoms with E-state index in [2.05, 4.69) is 0 Å². The van der Waals surface area contributed by atoms with Crippen molar-refractivity contribution in [2.45, 2.75) is 24.2 Å². The van der Waals surface area contributed by atoms with Crippen LogP contribution in [0.3, 0.4) is 0 Å². The molecule has 7 nitrogen and oxygen atoms in total. The van der Waals surface area contributed by atoms with Crippen LogP contribution in [0.2, 0.25) is 0 Å². The predicted octanol–water partition coefficient (Wildman–Crippen LogP) is 2.97. The number of hydrogen-bond donors (Lipinski definition) is 0. The molecule has 32 heavy (non-hydrogen) atoms. The standard InChI is InChI=1S/C23H28FN3O4S/c1-31-21-10-9-18(17-22(21)32(29,30)27-11-5-2-6-12-27)23(28)26-15-13-25(14-16-26)20-8-4-3-7-19(20)24/h3-4,7-10,17H,2,5-6,11-16H2,1H3. The van der Waals surface area contributed by atoms with Gasteiger partial charge >= 0.3 is 0 Å². The van der Waals surface area contributed by atoms with Crippen LogP contribution in [0, 0.1) is 5.82 Å². The lowest BCUT2D eigenvalue weighted by atomic mass is 10.1. The van der Waals surface area contributed by atoms with Crippen LogP contribution < -0.4 is 9.64 Å². The third kappa shape index (κ3) is 4.45. The summed E-state index contributed by atoms with van der Waals surface area (Å²) >= 11 is 0. The lowest BCUT2D eigenvalue weighted by Gasteiger charge is -2.36. The number of piperidine rings is 1. The molecule has 0 bridgehead atoms. The van der Waals surface area contributed by atoms with Crippen LogP contribution >= 0.6 is 0 Å². The van der Waals surface area contributed by atoms with Crippen LogP contribution in [0.25, 0.3) is 0 Å². The van der Waals surface area contributed by atoms with Crippen molar-refractivity contribution in [1.82, 2.24) is 9.21 Å². The predicted molar refractivity (Wildman–Crippen MR) is 120 cm³/mol. The molecule has 2 aromatic carbocycles. The number of sulfonamides is 1. The molecular weight excluding hydrogens is 433 g/mol. The summed E-state index contributed by atoms with van der Waals surface area (Å²) in [5.74, 6) is -0.289. The number of methoxy groups -OCH3 is 1. The van der Waals surface area contributed by atoms with E-state index < -0.39 is 10.0 Å². The van der Waals surface area contributed by atoms with E-state index in [1.807, 2.05) is 4.90 Å². The molecule has 172 valence electrons. The Bertz CT molecular complexity index is 1080. The number of para-hydroxylation sites is 1. The van der Waals surface area contributed by atoms with E-state index >= 15 is 0 Å². The Morgan fingerprint density at radius 2 is 1.62 bits per heavy atom. The zero-order chi connectivity index (χ0) is 22.7. The Labute approximate surface area is 188 Å². The highest BCUT2D eigenvalue weighted by atomic mass is 32.2. The van der Waals surface area contributed by atoms with Gasteiger partial charge in [-0.15, -0.1) is 0 Å². The molecule has 2 aliphatic heterocycles. The Morgan fingerprint density at radius 3 is 2.28 bits per heavy atom. The Hall–Kier alpha value is -2.65. The van der Waals surface area contributed by atoms with Crippen LogP contribution in [0.1, 0.15) is 29.6 Å². The number of rotatable bonds is 5.